The summed E-state index contributed by atoms with van der Waals surface area (Å²) in [7, 11) is -5.14. The summed E-state index contributed by atoms with van der Waals surface area (Å²) in [5, 5.41) is 20.0. The van der Waals surface area contributed by atoms with Crippen LogP contribution in [0.2, 0.25) is 5.02 Å². The van der Waals surface area contributed by atoms with Crippen molar-refractivity contribution in [2.24, 2.45) is 0 Å². The SMILES string of the molecule is O=[N+]([O-])c1ccc(S(=O)(=O)[O-])c([N+](=O)[O-])c1Cl.[Li+]. The summed E-state index contributed by atoms with van der Waals surface area (Å²) in [6.45, 7) is 0. The van der Waals surface area contributed by atoms with Crippen LogP contribution in [0.5, 0.6) is 0 Å². The predicted octanol–water partition coefficient (Wildman–Crippen LogP) is -1.94. The Hall–Kier alpha value is -1.18. The first-order chi connectivity index (χ1) is 7.66. The van der Waals surface area contributed by atoms with Crippen LogP contribution < -0.4 is 18.9 Å². The van der Waals surface area contributed by atoms with E-state index in [1.807, 2.05) is 0 Å². The molecule has 0 saturated carbocycles. The molecule has 0 aliphatic carbocycles. The summed E-state index contributed by atoms with van der Waals surface area (Å²) < 4.78 is 32.1. The van der Waals surface area contributed by atoms with Crippen molar-refractivity contribution < 1.29 is 41.7 Å². The molecule has 0 spiro atoms. The van der Waals surface area contributed by atoms with Crippen LogP contribution in [-0.2, 0) is 10.1 Å². The summed E-state index contributed by atoms with van der Waals surface area (Å²) in [5.41, 5.74) is -2.15. The van der Waals surface area contributed by atoms with Crippen LogP contribution >= 0.6 is 11.6 Å². The second-order valence-electron chi connectivity index (χ2n) is 2.71. The number of hydrogen-bond acceptors (Lipinski definition) is 7. The Morgan fingerprint density at radius 3 is 1.94 bits per heavy atom. The van der Waals surface area contributed by atoms with E-state index in [1.165, 1.54) is 0 Å². The van der Waals surface area contributed by atoms with Crippen LogP contribution in [0.3, 0.4) is 0 Å². The van der Waals surface area contributed by atoms with E-state index in [0.717, 1.165) is 0 Å². The van der Waals surface area contributed by atoms with Crippen LogP contribution in [0.25, 0.3) is 0 Å². The average Bonchev–Trinajstić information content (AvgIpc) is 2.14. The fraction of sp³-hybridized carbons (Fsp3) is 0. The minimum atomic E-state index is -5.14. The summed E-state index contributed by atoms with van der Waals surface area (Å²) in [5.74, 6) is 0. The number of nitrogens with zero attached hydrogens (tertiary/aromatic N) is 2. The fourth-order valence-corrected chi connectivity index (χ4v) is 2.06. The van der Waals surface area contributed by atoms with Gasteiger partial charge in [0.15, 0.2) is 5.02 Å². The second-order valence-corrected chi connectivity index (χ2v) is 4.44. The first-order valence-corrected chi connectivity index (χ1v) is 5.52. The van der Waals surface area contributed by atoms with Gasteiger partial charge in [0.25, 0.3) is 5.69 Å². The van der Waals surface area contributed by atoms with Crippen LogP contribution in [0.15, 0.2) is 17.0 Å². The van der Waals surface area contributed by atoms with Crippen molar-refractivity contribution in [3.05, 3.63) is 37.4 Å². The fourth-order valence-electron chi connectivity index (χ4n) is 1.05. The summed E-state index contributed by atoms with van der Waals surface area (Å²) in [4.78, 5) is 17.5. The van der Waals surface area contributed by atoms with Crippen LogP contribution in [0.4, 0.5) is 11.4 Å². The molecule has 1 aromatic carbocycles. The maximum Gasteiger partial charge on any atom is 1.00 e. The molecule has 0 atom stereocenters. The molecular formula is C6H2ClLiN2O7S. The number of hydrogen-bond donors (Lipinski definition) is 0. The van der Waals surface area contributed by atoms with Gasteiger partial charge >= 0.3 is 24.5 Å². The molecule has 0 unspecified atom stereocenters. The standard InChI is InChI=1S/C6H3ClN2O7S.Li/c7-5-3(8(10)11)1-2-4(17(14,15)16)6(5)9(12)13;/h1-2H,(H,14,15,16);/q;+1/p-1. The molecule has 0 N–H and O–H groups in total. The van der Waals surface area contributed by atoms with Gasteiger partial charge in [-0.2, -0.15) is 0 Å². The van der Waals surface area contributed by atoms with E-state index >= 15 is 0 Å². The van der Waals surface area contributed by atoms with Crippen molar-refractivity contribution in [1.29, 1.82) is 0 Å². The van der Waals surface area contributed by atoms with Crippen molar-refractivity contribution >= 4 is 33.1 Å². The predicted molar refractivity (Wildman–Crippen MR) is 52.7 cm³/mol. The maximum atomic E-state index is 10.7. The van der Waals surface area contributed by atoms with Gasteiger partial charge in [-0.05, 0) is 6.07 Å². The zero-order valence-corrected chi connectivity index (χ0v) is 10.3. The van der Waals surface area contributed by atoms with E-state index < -0.39 is 41.3 Å². The third kappa shape index (κ3) is 3.18. The van der Waals surface area contributed by atoms with E-state index in [9.17, 15) is 33.2 Å². The molecule has 92 valence electrons. The first kappa shape index (κ1) is 16.8. The van der Waals surface area contributed by atoms with Crippen LogP contribution in [0.1, 0.15) is 0 Å². The van der Waals surface area contributed by atoms with Gasteiger partial charge in [-0.1, -0.05) is 11.6 Å². The van der Waals surface area contributed by atoms with Crippen LogP contribution in [0, 0.1) is 20.2 Å². The topological polar surface area (TPSA) is 143 Å². The summed E-state index contributed by atoms with van der Waals surface area (Å²) >= 11 is 5.32. The molecule has 12 heteroatoms. The Labute approximate surface area is 117 Å². The molecule has 0 saturated heterocycles. The van der Waals surface area contributed by atoms with Gasteiger partial charge in [0.05, 0.1) is 9.85 Å². The Bertz CT molecular complexity index is 617. The molecule has 0 aliphatic rings. The van der Waals surface area contributed by atoms with E-state index in [1.54, 1.807) is 0 Å². The van der Waals surface area contributed by atoms with E-state index in [0.29, 0.717) is 12.1 Å². The zero-order valence-electron chi connectivity index (χ0n) is 8.69. The first-order valence-electron chi connectivity index (χ1n) is 3.73. The molecule has 0 fully saturated rings. The number of nitro groups is 2. The minimum Gasteiger partial charge on any atom is -0.744 e. The van der Waals surface area contributed by atoms with Crippen molar-refractivity contribution in [3.63, 3.8) is 0 Å². The largest absolute Gasteiger partial charge is 1.00 e. The number of rotatable bonds is 3. The molecule has 9 nitrogen and oxygen atoms in total. The van der Waals surface area contributed by atoms with Gasteiger partial charge < -0.3 is 4.55 Å². The molecule has 1 aromatic rings. The van der Waals surface area contributed by atoms with Crippen molar-refractivity contribution in [1.82, 2.24) is 0 Å². The summed E-state index contributed by atoms with van der Waals surface area (Å²) in [6, 6.07) is 1.09. The van der Waals surface area contributed by atoms with Gasteiger partial charge in [0, 0.05) is 6.07 Å². The number of nitro benzene ring substituents is 2. The monoisotopic (exact) mass is 288 g/mol. The molecule has 0 bridgehead atoms. The van der Waals surface area contributed by atoms with Crippen molar-refractivity contribution in [2.45, 2.75) is 4.90 Å². The molecule has 1 rings (SSSR count). The quantitative estimate of drug-likeness (QED) is 0.272. The Morgan fingerprint density at radius 1 is 1.11 bits per heavy atom. The Kier molecular flexibility index (Phi) is 5.27. The van der Waals surface area contributed by atoms with Gasteiger partial charge in [0.1, 0.15) is 15.0 Å². The minimum absolute atomic E-state index is 0. The molecule has 0 radical (unpaired) electrons. The number of halogens is 1. The van der Waals surface area contributed by atoms with Gasteiger partial charge in [-0.3, -0.25) is 20.2 Å². The van der Waals surface area contributed by atoms with Gasteiger partial charge in [-0.25, -0.2) is 8.42 Å². The molecule has 0 aliphatic heterocycles. The molecule has 18 heavy (non-hydrogen) atoms. The number of benzene rings is 1. The molecular weight excluding hydrogens is 287 g/mol. The summed E-state index contributed by atoms with van der Waals surface area (Å²) in [6.07, 6.45) is 0. The van der Waals surface area contributed by atoms with Gasteiger partial charge in [-0.15, -0.1) is 0 Å². The average molecular weight is 289 g/mol. The van der Waals surface area contributed by atoms with Crippen molar-refractivity contribution in [2.75, 3.05) is 0 Å². The molecule has 0 amide bonds. The zero-order chi connectivity index (χ0) is 13.4. The second kappa shape index (κ2) is 5.64. The Balaban J connectivity index is 0.00000289. The van der Waals surface area contributed by atoms with E-state index in [2.05, 4.69) is 0 Å². The van der Waals surface area contributed by atoms with Crippen LogP contribution in [-0.4, -0.2) is 22.8 Å². The van der Waals surface area contributed by atoms with E-state index in [-0.39, 0.29) is 18.9 Å². The smallest absolute Gasteiger partial charge is 0.744 e. The third-order valence-electron chi connectivity index (χ3n) is 1.71. The third-order valence-corrected chi connectivity index (χ3v) is 2.95. The maximum absolute atomic E-state index is 10.7. The normalized spacial score (nSPS) is 10.6. The van der Waals surface area contributed by atoms with Gasteiger partial charge in [0.2, 0.25) is 0 Å². The van der Waals surface area contributed by atoms with E-state index in [4.69, 9.17) is 11.6 Å². The Morgan fingerprint density at radius 2 is 1.61 bits per heavy atom. The van der Waals surface area contributed by atoms with Crippen molar-refractivity contribution in [3.8, 4) is 0 Å². The molecule has 0 aromatic heterocycles. The molecule has 0 heterocycles.